The van der Waals surface area contributed by atoms with Gasteiger partial charge in [0, 0.05) is 26.2 Å². The zero-order valence-corrected chi connectivity index (χ0v) is 11.7. The topological polar surface area (TPSA) is 47.6 Å². The zero-order valence-electron chi connectivity index (χ0n) is 11.7. The van der Waals surface area contributed by atoms with Crippen molar-refractivity contribution in [2.45, 2.75) is 26.2 Å². The van der Waals surface area contributed by atoms with Crippen LogP contribution in [-0.2, 0) is 4.79 Å². The highest BCUT2D eigenvalue weighted by Crippen LogP contribution is 2.32. The van der Waals surface area contributed by atoms with Crippen molar-refractivity contribution in [1.82, 2.24) is 20.7 Å². The van der Waals surface area contributed by atoms with E-state index in [-0.39, 0.29) is 11.3 Å². The van der Waals surface area contributed by atoms with Gasteiger partial charge < -0.3 is 10.2 Å². The predicted octanol–water partition coefficient (Wildman–Crippen LogP) is 0.0448. The van der Waals surface area contributed by atoms with Gasteiger partial charge in [-0.3, -0.25) is 10.2 Å². The molecule has 0 radical (unpaired) electrons. The fourth-order valence-electron chi connectivity index (χ4n) is 2.83. The van der Waals surface area contributed by atoms with Crippen LogP contribution >= 0.6 is 0 Å². The Bertz CT molecular complexity index is 281. The molecule has 18 heavy (non-hydrogen) atoms. The second-order valence-corrected chi connectivity index (χ2v) is 5.62. The van der Waals surface area contributed by atoms with Crippen LogP contribution in [0.1, 0.15) is 26.2 Å². The zero-order chi connectivity index (χ0) is 13.0. The summed E-state index contributed by atoms with van der Waals surface area (Å²) in [6.07, 6.45) is 2.86. The third-order valence-electron chi connectivity index (χ3n) is 4.48. The summed E-state index contributed by atoms with van der Waals surface area (Å²) in [5.41, 5.74) is 3.00. The summed E-state index contributed by atoms with van der Waals surface area (Å²) in [6.45, 7) is 7.98. The highest BCUT2D eigenvalue weighted by Gasteiger charge is 2.38. The van der Waals surface area contributed by atoms with Crippen LogP contribution in [-0.4, -0.2) is 62.1 Å². The largest absolute Gasteiger partial charge is 0.317 e. The van der Waals surface area contributed by atoms with Gasteiger partial charge in [0.1, 0.15) is 0 Å². The average molecular weight is 254 g/mol. The number of hydrogen-bond donors (Lipinski definition) is 2. The van der Waals surface area contributed by atoms with Gasteiger partial charge in [0.05, 0.1) is 5.41 Å². The first-order valence-corrected chi connectivity index (χ1v) is 7.11. The van der Waals surface area contributed by atoms with Crippen molar-refractivity contribution < 1.29 is 4.79 Å². The van der Waals surface area contributed by atoms with E-state index < -0.39 is 0 Å². The lowest BCUT2D eigenvalue weighted by Crippen LogP contribution is -2.57. The number of carbonyl (C=O) groups excluding carboxylic acids is 1. The maximum absolute atomic E-state index is 12.5. The molecular weight excluding hydrogens is 228 g/mol. The number of hydrogen-bond acceptors (Lipinski definition) is 4. The molecule has 2 rings (SSSR count). The number of piperazine rings is 1. The fourth-order valence-corrected chi connectivity index (χ4v) is 2.83. The van der Waals surface area contributed by atoms with Crippen molar-refractivity contribution in [1.29, 1.82) is 0 Å². The van der Waals surface area contributed by atoms with Crippen LogP contribution in [0.3, 0.4) is 0 Å². The Morgan fingerprint density at radius 3 is 2.39 bits per heavy atom. The molecule has 2 aliphatic heterocycles. The maximum Gasteiger partial charge on any atom is 0.240 e. The smallest absolute Gasteiger partial charge is 0.240 e. The lowest BCUT2D eigenvalue weighted by molar-refractivity contribution is -0.139. The van der Waals surface area contributed by atoms with E-state index >= 15 is 0 Å². The Kier molecular flexibility index (Phi) is 4.59. The number of piperidine rings is 1. The SMILES string of the molecule is CCC1(C(=O)NN2CCN(C)CC2)CCNCC1. The van der Waals surface area contributed by atoms with E-state index in [0.29, 0.717) is 0 Å². The van der Waals surface area contributed by atoms with E-state index in [1.807, 2.05) is 0 Å². The molecule has 5 nitrogen and oxygen atoms in total. The molecule has 0 aromatic carbocycles. The first kappa shape index (κ1) is 13.8. The second kappa shape index (κ2) is 5.99. The van der Waals surface area contributed by atoms with Gasteiger partial charge in [-0.15, -0.1) is 0 Å². The summed E-state index contributed by atoms with van der Waals surface area (Å²) in [5.74, 6) is 0.232. The summed E-state index contributed by atoms with van der Waals surface area (Å²) in [7, 11) is 2.12. The molecule has 0 unspecified atom stereocenters. The van der Waals surface area contributed by atoms with E-state index in [1.54, 1.807) is 0 Å². The number of amides is 1. The molecule has 0 spiro atoms. The summed E-state index contributed by atoms with van der Waals surface area (Å²) < 4.78 is 0. The van der Waals surface area contributed by atoms with Gasteiger partial charge in [-0.25, -0.2) is 5.01 Å². The molecule has 0 saturated carbocycles. The van der Waals surface area contributed by atoms with Gasteiger partial charge in [-0.1, -0.05) is 6.92 Å². The van der Waals surface area contributed by atoms with E-state index in [9.17, 15) is 4.79 Å². The predicted molar refractivity (Wildman–Crippen MR) is 72.0 cm³/mol. The third-order valence-corrected chi connectivity index (χ3v) is 4.48. The third kappa shape index (κ3) is 3.02. The first-order chi connectivity index (χ1) is 8.66. The molecule has 0 aliphatic carbocycles. The molecule has 5 heteroatoms. The van der Waals surface area contributed by atoms with E-state index in [2.05, 4.69) is 34.6 Å². The van der Waals surface area contributed by atoms with Crippen LogP contribution in [0.4, 0.5) is 0 Å². The molecule has 2 heterocycles. The van der Waals surface area contributed by atoms with Crippen LogP contribution < -0.4 is 10.7 Å². The van der Waals surface area contributed by atoms with Crippen LogP contribution in [0.5, 0.6) is 0 Å². The molecule has 0 aromatic heterocycles. The number of nitrogens with zero attached hydrogens (tertiary/aromatic N) is 2. The fraction of sp³-hybridized carbons (Fsp3) is 0.923. The van der Waals surface area contributed by atoms with Crippen LogP contribution in [0.15, 0.2) is 0 Å². The minimum atomic E-state index is -0.144. The molecule has 2 N–H and O–H groups in total. The van der Waals surface area contributed by atoms with Crippen molar-refractivity contribution in [3.63, 3.8) is 0 Å². The van der Waals surface area contributed by atoms with Crippen LogP contribution in [0.2, 0.25) is 0 Å². The van der Waals surface area contributed by atoms with Crippen molar-refractivity contribution in [3.05, 3.63) is 0 Å². The number of rotatable bonds is 3. The van der Waals surface area contributed by atoms with E-state index in [0.717, 1.165) is 58.5 Å². The van der Waals surface area contributed by atoms with E-state index in [4.69, 9.17) is 0 Å². The quantitative estimate of drug-likeness (QED) is 0.747. The lowest BCUT2D eigenvalue weighted by Gasteiger charge is -2.39. The van der Waals surface area contributed by atoms with Gasteiger partial charge >= 0.3 is 0 Å². The van der Waals surface area contributed by atoms with Gasteiger partial charge in [0.25, 0.3) is 0 Å². The normalized spacial score (nSPS) is 25.9. The Hall–Kier alpha value is -0.650. The lowest BCUT2D eigenvalue weighted by atomic mass is 9.76. The monoisotopic (exact) mass is 254 g/mol. The molecule has 2 saturated heterocycles. The minimum absolute atomic E-state index is 0.144. The van der Waals surface area contributed by atoms with Gasteiger partial charge in [0.2, 0.25) is 5.91 Å². The Labute approximate surface area is 110 Å². The maximum atomic E-state index is 12.5. The Morgan fingerprint density at radius 2 is 1.83 bits per heavy atom. The molecule has 0 bridgehead atoms. The highest BCUT2D eigenvalue weighted by atomic mass is 16.2. The van der Waals surface area contributed by atoms with Gasteiger partial charge in [-0.2, -0.15) is 0 Å². The molecule has 1 amide bonds. The van der Waals surface area contributed by atoms with Gasteiger partial charge in [0.15, 0.2) is 0 Å². The number of likely N-dealkylation sites (N-methyl/N-ethyl adjacent to an activating group) is 1. The standard InChI is InChI=1S/C13H26N4O/c1-3-13(4-6-14-7-5-13)12(18)15-17-10-8-16(2)9-11-17/h14H,3-11H2,1-2H3,(H,15,18). The molecule has 2 aliphatic rings. The number of nitrogens with one attached hydrogen (secondary N) is 2. The summed E-state index contributed by atoms with van der Waals surface area (Å²) in [5, 5.41) is 5.42. The highest BCUT2D eigenvalue weighted by molar-refractivity contribution is 5.82. The van der Waals surface area contributed by atoms with E-state index in [1.165, 1.54) is 0 Å². The Balaban J connectivity index is 1.89. The molecule has 0 aromatic rings. The van der Waals surface area contributed by atoms with Crippen molar-refractivity contribution in [2.24, 2.45) is 5.41 Å². The minimum Gasteiger partial charge on any atom is -0.317 e. The second-order valence-electron chi connectivity index (χ2n) is 5.62. The average Bonchev–Trinajstić information content (AvgIpc) is 2.42. The Morgan fingerprint density at radius 1 is 1.22 bits per heavy atom. The van der Waals surface area contributed by atoms with Gasteiger partial charge in [-0.05, 0) is 39.4 Å². The summed E-state index contributed by atoms with van der Waals surface area (Å²) >= 11 is 0. The summed E-state index contributed by atoms with van der Waals surface area (Å²) in [6, 6.07) is 0. The van der Waals surface area contributed by atoms with Crippen LogP contribution in [0.25, 0.3) is 0 Å². The van der Waals surface area contributed by atoms with Crippen molar-refractivity contribution >= 4 is 5.91 Å². The first-order valence-electron chi connectivity index (χ1n) is 7.11. The van der Waals surface area contributed by atoms with Crippen molar-refractivity contribution in [3.8, 4) is 0 Å². The number of hydrazine groups is 1. The van der Waals surface area contributed by atoms with Crippen molar-refractivity contribution in [2.75, 3.05) is 46.3 Å². The molecule has 104 valence electrons. The van der Waals surface area contributed by atoms with Crippen LogP contribution in [0, 0.1) is 5.41 Å². The summed E-state index contributed by atoms with van der Waals surface area (Å²) in [4.78, 5) is 14.8. The number of carbonyl (C=O) groups is 1. The molecule has 0 atom stereocenters. The molecule has 2 fully saturated rings. The molecular formula is C13H26N4O.